The third kappa shape index (κ3) is 5.91. The molecule has 0 aliphatic heterocycles. The van der Waals surface area contributed by atoms with Crippen LogP contribution < -0.4 is 4.74 Å². The van der Waals surface area contributed by atoms with Crippen LogP contribution in [0.3, 0.4) is 0 Å². The molecule has 0 heterocycles. The molecule has 0 saturated heterocycles. The highest BCUT2D eigenvalue weighted by Gasteiger charge is 1.85. The number of nitrogens with zero attached hydrogens (tertiary/aromatic N) is 1. The van der Waals surface area contributed by atoms with E-state index in [1.165, 1.54) is 0 Å². The van der Waals surface area contributed by atoms with Gasteiger partial charge in [0.2, 0.25) is 0 Å². The molecule has 0 bridgehead atoms. The second kappa shape index (κ2) is 8.78. The van der Waals surface area contributed by atoms with E-state index in [0.717, 1.165) is 5.75 Å². The van der Waals surface area contributed by atoms with E-state index in [1.807, 2.05) is 44.2 Å². The van der Waals surface area contributed by atoms with Gasteiger partial charge in [0.1, 0.15) is 12.4 Å². The number of ether oxygens (including phenoxy) is 1. The summed E-state index contributed by atoms with van der Waals surface area (Å²) in [6, 6.07) is 9.69. The van der Waals surface area contributed by atoms with Crippen LogP contribution in [0.5, 0.6) is 5.75 Å². The molecular formula is C11H17NO. The van der Waals surface area contributed by atoms with Crippen molar-refractivity contribution in [2.75, 3.05) is 13.7 Å². The highest BCUT2D eigenvalue weighted by Crippen LogP contribution is 2.06. The first kappa shape index (κ1) is 11.7. The number of benzene rings is 1. The average molecular weight is 179 g/mol. The van der Waals surface area contributed by atoms with Crippen LogP contribution in [0.15, 0.2) is 35.3 Å². The molecule has 1 aromatic carbocycles. The molecule has 0 amide bonds. The lowest BCUT2D eigenvalue weighted by Gasteiger charge is -1.99. The molecule has 13 heavy (non-hydrogen) atoms. The highest BCUT2D eigenvalue weighted by molar-refractivity contribution is 5.58. The zero-order chi connectivity index (χ0) is 9.94. The number of hydrogen-bond donors (Lipinski definition) is 0. The molecule has 0 aliphatic carbocycles. The van der Waals surface area contributed by atoms with Gasteiger partial charge >= 0.3 is 0 Å². The number of hydrogen-bond acceptors (Lipinski definition) is 2. The molecule has 0 aromatic heterocycles. The SMILES string of the molecule is CC.CN=CCOc1ccccc1. The van der Waals surface area contributed by atoms with E-state index in [1.54, 1.807) is 13.3 Å². The minimum Gasteiger partial charge on any atom is -0.488 e. The summed E-state index contributed by atoms with van der Waals surface area (Å²) in [5.41, 5.74) is 0. The summed E-state index contributed by atoms with van der Waals surface area (Å²) in [7, 11) is 1.73. The third-order valence-electron chi connectivity index (χ3n) is 1.25. The van der Waals surface area contributed by atoms with Crippen molar-refractivity contribution in [3.05, 3.63) is 30.3 Å². The van der Waals surface area contributed by atoms with Crippen LogP contribution in [0, 0.1) is 0 Å². The topological polar surface area (TPSA) is 21.6 Å². The normalized spacial score (nSPS) is 9.15. The Morgan fingerprint density at radius 1 is 1.23 bits per heavy atom. The summed E-state index contributed by atoms with van der Waals surface area (Å²) >= 11 is 0. The van der Waals surface area contributed by atoms with Gasteiger partial charge in [0, 0.05) is 13.3 Å². The van der Waals surface area contributed by atoms with Crippen LogP contribution in [-0.2, 0) is 0 Å². The lowest BCUT2D eigenvalue weighted by atomic mass is 10.3. The Kier molecular flexibility index (Phi) is 7.90. The molecule has 0 atom stereocenters. The Morgan fingerprint density at radius 2 is 1.85 bits per heavy atom. The maximum atomic E-state index is 5.30. The molecule has 0 aliphatic rings. The van der Waals surface area contributed by atoms with Crippen molar-refractivity contribution in [2.45, 2.75) is 13.8 Å². The summed E-state index contributed by atoms with van der Waals surface area (Å²) < 4.78 is 5.30. The second-order valence-corrected chi connectivity index (χ2v) is 2.06. The molecule has 0 saturated carbocycles. The standard InChI is InChI=1S/C9H11NO.C2H6/c1-10-7-8-11-9-5-3-2-4-6-9;1-2/h2-7H,8H2,1H3;1-2H3. The van der Waals surface area contributed by atoms with Crippen molar-refractivity contribution in [2.24, 2.45) is 4.99 Å². The Bertz CT molecular complexity index is 219. The van der Waals surface area contributed by atoms with Crippen LogP contribution in [0.2, 0.25) is 0 Å². The molecule has 1 rings (SSSR count). The summed E-state index contributed by atoms with van der Waals surface area (Å²) in [6.45, 7) is 4.54. The molecule has 1 aromatic rings. The quantitative estimate of drug-likeness (QED) is 0.654. The number of rotatable bonds is 3. The van der Waals surface area contributed by atoms with Gasteiger partial charge in [-0.1, -0.05) is 32.0 Å². The monoisotopic (exact) mass is 179 g/mol. The van der Waals surface area contributed by atoms with Crippen molar-refractivity contribution in [1.82, 2.24) is 0 Å². The van der Waals surface area contributed by atoms with Gasteiger partial charge in [-0.3, -0.25) is 4.99 Å². The largest absolute Gasteiger partial charge is 0.488 e. The van der Waals surface area contributed by atoms with Gasteiger partial charge < -0.3 is 4.74 Å². The smallest absolute Gasteiger partial charge is 0.123 e. The van der Waals surface area contributed by atoms with Crippen LogP contribution in [-0.4, -0.2) is 19.9 Å². The lowest BCUT2D eigenvalue weighted by molar-refractivity contribution is 0.380. The minimum absolute atomic E-state index is 0.542. The molecule has 0 N–H and O–H groups in total. The maximum absolute atomic E-state index is 5.30. The Morgan fingerprint density at radius 3 is 2.38 bits per heavy atom. The van der Waals surface area contributed by atoms with E-state index < -0.39 is 0 Å². The molecule has 0 radical (unpaired) electrons. The fourth-order valence-corrected chi connectivity index (χ4v) is 0.725. The van der Waals surface area contributed by atoms with Crippen molar-refractivity contribution in [3.63, 3.8) is 0 Å². The molecule has 0 spiro atoms. The van der Waals surface area contributed by atoms with Gasteiger partial charge in [0.15, 0.2) is 0 Å². The third-order valence-corrected chi connectivity index (χ3v) is 1.25. The molecular weight excluding hydrogens is 162 g/mol. The van der Waals surface area contributed by atoms with E-state index in [2.05, 4.69) is 4.99 Å². The Hall–Kier alpha value is -1.31. The van der Waals surface area contributed by atoms with E-state index in [4.69, 9.17) is 4.74 Å². The molecule has 0 fully saturated rings. The van der Waals surface area contributed by atoms with Gasteiger partial charge in [0.05, 0.1) is 0 Å². The van der Waals surface area contributed by atoms with E-state index in [9.17, 15) is 0 Å². The Balaban J connectivity index is 0.000000671. The highest BCUT2D eigenvalue weighted by atomic mass is 16.5. The minimum atomic E-state index is 0.542. The van der Waals surface area contributed by atoms with Gasteiger partial charge in [-0.25, -0.2) is 0 Å². The number of aliphatic imine (C=N–C) groups is 1. The fourth-order valence-electron chi connectivity index (χ4n) is 0.725. The van der Waals surface area contributed by atoms with Crippen LogP contribution in [0.1, 0.15) is 13.8 Å². The van der Waals surface area contributed by atoms with Crippen LogP contribution in [0.4, 0.5) is 0 Å². The molecule has 0 unspecified atom stereocenters. The summed E-state index contributed by atoms with van der Waals surface area (Å²) in [6.07, 6.45) is 1.73. The van der Waals surface area contributed by atoms with Crippen LogP contribution >= 0.6 is 0 Å². The lowest BCUT2D eigenvalue weighted by Crippen LogP contribution is -1.97. The van der Waals surface area contributed by atoms with E-state index in [-0.39, 0.29) is 0 Å². The maximum Gasteiger partial charge on any atom is 0.123 e. The van der Waals surface area contributed by atoms with Crippen molar-refractivity contribution in [1.29, 1.82) is 0 Å². The first-order valence-corrected chi connectivity index (χ1v) is 4.52. The summed E-state index contributed by atoms with van der Waals surface area (Å²) in [5, 5.41) is 0. The summed E-state index contributed by atoms with van der Waals surface area (Å²) in [4.78, 5) is 3.80. The first-order valence-electron chi connectivity index (χ1n) is 4.52. The zero-order valence-corrected chi connectivity index (χ0v) is 8.53. The predicted octanol–water partition coefficient (Wildman–Crippen LogP) is 2.79. The van der Waals surface area contributed by atoms with Crippen molar-refractivity contribution in [3.8, 4) is 5.75 Å². The predicted molar refractivity (Wildman–Crippen MR) is 57.7 cm³/mol. The van der Waals surface area contributed by atoms with Gasteiger partial charge in [0.25, 0.3) is 0 Å². The molecule has 2 nitrogen and oxygen atoms in total. The zero-order valence-electron chi connectivity index (χ0n) is 8.53. The van der Waals surface area contributed by atoms with Gasteiger partial charge in [-0.2, -0.15) is 0 Å². The first-order chi connectivity index (χ1) is 6.43. The summed E-state index contributed by atoms with van der Waals surface area (Å²) in [5.74, 6) is 0.882. The van der Waals surface area contributed by atoms with Crippen molar-refractivity contribution >= 4 is 6.21 Å². The Labute approximate surface area is 80.3 Å². The van der Waals surface area contributed by atoms with E-state index in [0.29, 0.717) is 6.61 Å². The van der Waals surface area contributed by atoms with Crippen molar-refractivity contribution < 1.29 is 4.74 Å². The van der Waals surface area contributed by atoms with Crippen LogP contribution in [0.25, 0.3) is 0 Å². The number of para-hydroxylation sites is 1. The molecule has 2 heteroatoms. The average Bonchev–Trinajstić information content (AvgIpc) is 2.23. The fraction of sp³-hybridized carbons (Fsp3) is 0.364. The van der Waals surface area contributed by atoms with E-state index >= 15 is 0 Å². The van der Waals surface area contributed by atoms with Gasteiger partial charge in [-0.15, -0.1) is 0 Å². The van der Waals surface area contributed by atoms with Gasteiger partial charge in [-0.05, 0) is 12.1 Å². The second-order valence-electron chi connectivity index (χ2n) is 2.06. The molecule has 72 valence electrons.